The van der Waals surface area contributed by atoms with Crippen molar-refractivity contribution >= 4 is 11.9 Å². The van der Waals surface area contributed by atoms with Crippen molar-refractivity contribution in [3.8, 4) is 5.75 Å². The Morgan fingerprint density at radius 2 is 1.92 bits per heavy atom. The minimum atomic E-state index is -0.853. The van der Waals surface area contributed by atoms with E-state index < -0.39 is 18.1 Å². The quantitative estimate of drug-likeness (QED) is 0.899. The predicted molar refractivity (Wildman–Crippen MR) is 86.6 cm³/mol. The number of likely N-dealkylation sites (tertiary alicyclic amines) is 1. The second-order valence-electron chi connectivity index (χ2n) is 6.99. The maximum absolute atomic E-state index is 13.5. The second-order valence-corrected chi connectivity index (χ2v) is 6.99. The summed E-state index contributed by atoms with van der Waals surface area (Å²) in [6, 6.07) is 3.56. The average Bonchev–Trinajstić information content (AvgIpc) is 3.35. The molecule has 2 heterocycles. The molecule has 4 rings (SSSR count). The third-order valence-electron chi connectivity index (χ3n) is 5.29. The third-order valence-corrected chi connectivity index (χ3v) is 5.29. The molecule has 0 aromatic heterocycles. The van der Waals surface area contributed by atoms with Crippen molar-refractivity contribution in [3.05, 3.63) is 29.6 Å². The van der Waals surface area contributed by atoms with Crippen LogP contribution in [0.3, 0.4) is 0 Å². The number of ether oxygens (including phenoxy) is 1. The Morgan fingerprint density at radius 1 is 1.16 bits per heavy atom. The lowest BCUT2D eigenvalue weighted by Gasteiger charge is -2.31. The molecule has 6 nitrogen and oxygen atoms in total. The van der Waals surface area contributed by atoms with Crippen molar-refractivity contribution in [2.45, 2.75) is 50.4 Å². The zero-order valence-electron chi connectivity index (χ0n) is 13.9. The van der Waals surface area contributed by atoms with Crippen molar-refractivity contribution in [1.82, 2.24) is 9.80 Å². The minimum absolute atomic E-state index is 0.0728. The summed E-state index contributed by atoms with van der Waals surface area (Å²) in [6.45, 7) is 1.06. The molecule has 1 aliphatic carbocycles. The highest BCUT2D eigenvalue weighted by Gasteiger charge is 2.49. The van der Waals surface area contributed by atoms with Crippen LogP contribution in [-0.4, -0.2) is 58.1 Å². The Morgan fingerprint density at radius 3 is 2.64 bits per heavy atom. The third kappa shape index (κ3) is 3.08. The number of amides is 1. The first-order chi connectivity index (χ1) is 12.0. The summed E-state index contributed by atoms with van der Waals surface area (Å²) in [5, 5.41) is 9.45. The van der Waals surface area contributed by atoms with Gasteiger partial charge >= 0.3 is 5.97 Å². The van der Waals surface area contributed by atoms with E-state index in [4.69, 9.17) is 4.74 Å². The van der Waals surface area contributed by atoms with E-state index in [0.717, 1.165) is 12.8 Å². The number of rotatable bonds is 3. The lowest BCUT2D eigenvalue weighted by Crippen LogP contribution is -2.50. The second kappa shape index (κ2) is 6.29. The summed E-state index contributed by atoms with van der Waals surface area (Å²) in [4.78, 5) is 28.2. The number of carboxylic acids is 1. The molecular formula is C18H21FN2O4. The van der Waals surface area contributed by atoms with Crippen molar-refractivity contribution in [3.63, 3.8) is 0 Å². The standard InChI is InChI=1S/C18H21FN2O4/c19-12-1-6-16-11(9-12)10-20(7-8-25-16)17(22)14-4-5-15(18(23)24)21(14)13-2-3-13/h1,6,9,13-15H,2-5,7-8,10H2,(H,23,24). The largest absolute Gasteiger partial charge is 0.491 e. The molecule has 2 unspecified atom stereocenters. The van der Waals surface area contributed by atoms with Gasteiger partial charge in [-0.15, -0.1) is 0 Å². The maximum Gasteiger partial charge on any atom is 0.320 e. The van der Waals surface area contributed by atoms with Gasteiger partial charge in [0.1, 0.15) is 24.2 Å². The first-order valence-corrected chi connectivity index (χ1v) is 8.75. The van der Waals surface area contributed by atoms with Gasteiger partial charge in [0.25, 0.3) is 0 Å². The minimum Gasteiger partial charge on any atom is -0.491 e. The molecule has 1 saturated heterocycles. The van der Waals surface area contributed by atoms with E-state index >= 15 is 0 Å². The summed E-state index contributed by atoms with van der Waals surface area (Å²) in [5.41, 5.74) is 0.650. The number of benzene rings is 1. The average molecular weight is 348 g/mol. The molecule has 25 heavy (non-hydrogen) atoms. The molecule has 1 aromatic rings. The number of fused-ring (bicyclic) bond motifs is 1. The summed E-state index contributed by atoms with van der Waals surface area (Å²) in [5.74, 6) is -0.682. The molecule has 2 atom stereocenters. The van der Waals surface area contributed by atoms with Crippen molar-refractivity contribution in [1.29, 1.82) is 0 Å². The lowest BCUT2D eigenvalue weighted by molar-refractivity contribution is -0.145. The van der Waals surface area contributed by atoms with Gasteiger partial charge in [-0.05, 0) is 43.9 Å². The highest BCUT2D eigenvalue weighted by molar-refractivity contribution is 5.84. The molecule has 2 aliphatic heterocycles. The van der Waals surface area contributed by atoms with Gasteiger partial charge in [-0.2, -0.15) is 0 Å². The molecule has 1 N–H and O–H groups in total. The predicted octanol–water partition coefficient (Wildman–Crippen LogP) is 1.63. The smallest absolute Gasteiger partial charge is 0.320 e. The molecule has 3 aliphatic rings. The lowest BCUT2D eigenvalue weighted by atomic mass is 10.1. The van der Waals surface area contributed by atoms with E-state index in [1.54, 1.807) is 11.0 Å². The fraction of sp³-hybridized carbons (Fsp3) is 0.556. The summed E-state index contributed by atoms with van der Waals surface area (Å²) >= 11 is 0. The number of carboxylic acid groups (broad SMARTS) is 1. The molecule has 0 radical (unpaired) electrons. The number of aliphatic carboxylic acids is 1. The van der Waals surface area contributed by atoms with Crippen molar-refractivity contribution < 1.29 is 23.8 Å². The molecule has 134 valence electrons. The van der Waals surface area contributed by atoms with Crippen LogP contribution in [0.4, 0.5) is 4.39 Å². The summed E-state index contributed by atoms with van der Waals surface area (Å²) in [7, 11) is 0. The van der Waals surface area contributed by atoms with Crippen LogP contribution in [0.1, 0.15) is 31.2 Å². The van der Waals surface area contributed by atoms with E-state index in [9.17, 15) is 19.1 Å². The van der Waals surface area contributed by atoms with Gasteiger partial charge < -0.3 is 14.7 Å². The van der Waals surface area contributed by atoms with Crippen molar-refractivity contribution in [2.75, 3.05) is 13.2 Å². The Hall–Kier alpha value is -2.15. The summed E-state index contributed by atoms with van der Waals surface area (Å²) < 4.78 is 19.2. The fourth-order valence-electron chi connectivity index (χ4n) is 3.98. The van der Waals surface area contributed by atoms with Gasteiger partial charge in [-0.3, -0.25) is 14.5 Å². The highest BCUT2D eigenvalue weighted by atomic mass is 19.1. The van der Waals surface area contributed by atoms with Gasteiger partial charge in [-0.1, -0.05) is 0 Å². The van der Waals surface area contributed by atoms with Gasteiger partial charge in [0.2, 0.25) is 5.91 Å². The number of hydrogen-bond acceptors (Lipinski definition) is 4. The van der Waals surface area contributed by atoms with E-state index in [1.165, 1.54) is 12.1 Å². The van der Waals surface area contributed by atoms with E-state index in [0.29, 0.717) is 43.9 Å². The SMILES string of the molecule is O=C(O)C1CCC(C(=O)N2CCOc3ccc(F)cc3C2)N1C1CC1. The number of carbonyl (C=O) groups is 2. The highest BCUT2D eigenvalue weighted by Crippen LogP contribution is 2.38. The Labute approximate surface area is 145 Å². The van der Waals surface area contributed by atoms with E-state index in [1.807, 2.05) is 4.90 Å². The van der Waals surface area contributed by atoms with Gasteiger partial charge in [-0.25, -0.2) is 4.39 Å². The van der Waals surface area contributed by atoms with Crippen LogP contribution in [0.5, 0.6) is 5.75 Å². The van der Waals surface area contributed by atoms with Gasteiger partial charge in [0.15, 0.2) is 0 Å². The van der Waals surface area contributed by atoms with Crippen LogP contribution >= 0.6 is 0 Å². The van der Waals surface area contributed by atoms with Crippen LogP contribution < -0.4 is 4.74 Å². The molecule has 0 spiro atoms. The number of halogens is 1. The molecular weight excluding hydrogens is 327 g/mol. The first-order valence-electron chi connectivity index (χ1n) is 8.75. The zero-order valence-corrected chi connectivity index (χ0v) is 13.9. The van der Waals surface area contributed by atoms with Crippen LogP contribution in [0.25, 0.3) is 0 Å². The fourth-order valence-corrected chi connectivity index (χ4v) is 3.98. The van der Waals surface area contributed by atoms with Gasteiger partial charge in [0, 0.05) is 18.2 Å². The maximum atomic E-state index is 13.5. The topological polar surface area (TPSA) is 70.1 Å². The Kier molecular flexibility index (Phi) is 4.11. The van der Waals surface area contributed by atoms with Crippen molar-refractivity contribution in [2.24, 2.45) is 0 Å². The number of carbonyl (C=O) groups excluding carboxylic acids is 1. The van der Waals surface area contributed by atoms with Crippen LogP contribution in [0.2, 0.25) is 0 Å². The van der Waals surface area contributed by atoms with Gasteiger partial charge in [0.05, 0.1) is 12.6 Å². The van der Waals surface area contributed by atoms with E-state index in [2.05, 4.69) is 0 Å². The summed E-state index contributed by atoms with van der Waals surface area (Å²) in [6.07, 6.45) is 2.95. The molecule has 0 bridgehead atoms. The Balaban J connectivity index is 1.55. The van der Waals surface area contributed by atoms with Crippen LogP contribution in [0.15, 0.2) is 18.2 Å². The van der Waals surface area contributed by atoms with E-state index in [-0.39, 0.29) is 17.8 Å². The number of hydrogen-bond donors (Lipinski definition) is 1. The normalized spacial score (nSPS) is 26.7. The Bertz CT molecular complexity index is 706. The monoisotopic (exact) mass is 348 g/mol. The zero-order chi connectivity index (χ0) is 17.6. The van der Waals surface area contributed by atoms with Crippen LogP contribution in [0, 0.1) is 5.82 Å². The molecule has 7 heteroatoms. The molecule has 2 fully saturated rings. The first kappa shape index (κ1) is 16.3. The molecule has 1 saturated carbocycles. The number of nitrogens with zero attached hydrogens (tertiary/aromatic N) is 2. The molecule has 1 aromatic carbocycles. The molecule has 1 amide bonds. The van der Waals surface area contributed by atoms with Crippen LogP contribution in [-0.2, 0) is 16.1 Å².